The van der Waals surface area contributed by atoms with E-state index < -0.39 is 6.09 Å². The Labute approximate surface area is 169 Å². The highest BCUT2D eigenvalue weighted by Gasteiger charge is 2.43. The lowest BCUT2D eigenvalue weighted by atomic mass is 9.79. The molecule has 0 saturated carbocycles. The summed E-state index contributed by atoms with van der Waals surface area (Å²) in [5, 5.41) is 12.5. The van der Waals surface area contributed by atoms with E-state index in [4.69, 9.17) is 4.74 Å². The SMILES string of the molecule is O=C(Nc1cccc(-c2cccnc2)c1)[C@H]1CN(C(=O)O)C[C@@H]1C1CCOCC1. The highest BCUT2D eigenvalue weighted by Crippen LogP contribution is 2.36. The number of carbonyl (C=O) groups excluding carboxylic acids is 1. The molecule has 0 bridgehead atoms. The zero-order valence-corrected chi connectivity index (χ0v) is 16.2. The summed E-state index contributed by atoms with van der Waals surface area (Å²) in [6.07, 6.45) is 4.29. The quantitative estimate of drug-likeness (QED) is 0.828. The fourth-order valence-electron chi connectivity index (χ4n) is 4.43. The first-order chi connectivity index (χ1) is 14.1. The zero-order valence-electron chi connectivity index (χ0n) is 16.2. The molecule has 1 aromatic carbocycles. The lowest BCUT2D eigenvalue weighted by Gasteiger charge is -2.30. The Hall–Kier alpha value is -2.93. The third-order valence-electron chi connectivity index (χ3n) is 5.97. The summed E-state index contributed by atoms with van der Waals surface area (Å²) in [6.45, 7) is 2.00. The van der Waals surface area contributed by atoms with Gasteiger partial charge < -0.3 is 20.1 Å². The van der Waals surface area contributed by atoms with Crippen LogP contribution in [0.1, 0.15) is 12.8 Å². The lowest BCUT2D eigenvalue weighted by molar-refractivity contribution is -0.121. The van der Waals surface area contributed by atoms with Gasteiger partial charge in [-0.25, -0.2) is 4.79 Å². The summed E-state index contributed by atoms with van der Waals surface area (Å²) >= 11 is 0. The fourth-order valence-corrected chi connectivity index (χ4v) is 4.43. The number of nitrogens with one attached hydrogen (secondary N) is 1. The number of pyridine rings is 1. The molecule has 2 aliphatic rings. The number of aromatic nitrogens is 1. The molecule has 29 heavy (non-hydrogen) atoms. The second kappa shape index (κ2) is 8.61. The maximum Gasteiger partial charge on any atom is 0.407 e. The van der Waals surface area contributed by atoms with Crippen molar-refractivity contribution >= 4 is 17.7 Å². The molecule has 2 saturated heterocycles. The minimum Gasteiger partial charge on any atom is -0.465 e. The van der Waals surface area contributed by atoms with E-state index in [0.29, 0.717) is 31.4 Å². The standard InChI is InChI=1S/C22H25N3O4/c26-21(24-18-5-1-3-16(11-18)17-4-2-8-23-12-17)20-14-25(22(27)28)13-19(20)15-6-9-29-10-7-15/h1-5,8,11-12,15,19-20H,6-7,9-10,13-14H2,(H,24,26)(H,27,28)/t19-,20+/m1/s1. The fraction of sp³-hybridized carbons (Fsp3) is 0.409. The van der Waals surface area contributed by atoms with Gasteiger partial charge in [0.15, 0.2) is 0 Å². The van der Waals surface area contributed by atoms with Crippen LogP contribution in [0.15, 0.2) is 48.8 Å². The number of benzene rings is 1. The number of nitrogens with zero attached hydrogens (tertiary/aromatic N) is 2. The second-order valence-corrected chi connectivity index (χ2v) is 7.72. The molecule has 2 aliphatic heterocycles. The molecule has 3 heterocycles. The summed E-state index contributed by atoms with van der Waals surface area (Å²) < 4.78 is 5.44. The number of ether oxygens (including phenoxy) is 1. The summed E-state index contributed by atoms with van der Waals surface area (Å²) in [5.41, 5.74) is 2.65. The number of likely N-dealkylation sites (tertiary alicyclic amines) is 1. The average Bonchev–Trinajstić information content (AvgIpc) is 3.21. The van der Waals surface area contributed by atoms with Crippen molar-refractivity contribution in [3.8, 4) is 11.1 Å². The molecule has 2 fully saturated rings. The average molecular weight is 395 g/mol. The number of carboxylic acid groups (broad SMARTS) is 1. The molecular formula is C22H25N3O4. The van der Waals surface area contributed by atoms with Gasteiger partial charge in [0, 0.05) is 49.9 Å². The Kier molecular flexibility index (Phi) is 5.76. The minimum absolute atomic E-state index is 0.0245. The maximum absolute atomic E-state index is 13.1. The molecule has 1 aromatic heterocycles. The van der Waals surface area contributed by atoms with Gasteiger partial charge in [-0.05, 0) is 48.4 Å². The zero-order chi connectivity index (χ0) is 20.2. The van der Waals surface area contributed by atoms with Crippen molar-refractivity contribution in [3.05, 3.63) is 48.8 Å². The van der Waals surface area contributed by atoms with E-state index in [9.17, 15) is 14.7 Å². The molecule has 7 nitrogen and oxygen atoms in total. The van der Waals surface area contributed by atoms with Crippen molar-refractivity contribution < 1.29 is 19.4 Å². The van der Waals surface area contributed by atoms with Gasteiger partial charge in [0.05, 0.1) is 5.92 Å². The van der Waals surface area contributed by atoms with Crippen molar-refractivity contribution in [1.82, 2.24) is 9.88 Å². The topological polar surface area (TPSA) is 91.8 Å². The molecule has 7 heteroatoms. The van der Waals surface area contributed by atoms with E-state index in [0.717, 1.165) is 24.0 Å². The van der Waals surface area contributed by atoms with Crippen LogP contribution in [0.25, 0.3) is 11.1 Å². The van der Waals surface area contributed by atoms with E-state index >= 15 is 0 Å². The lowest BCUT2D eigenvalue weighted by Crippen LogP contribution is -2.34. The summed E-state index contributed by atoms with van der Waals surface area (Å²) in [4.78, 5) is 30.1. The van der Waals surface area contributed by atoms with Crippen molar-refractivity contribution in [2.45, 2.75) is 12.8 Å². The van der Waals surface area contributed by atoms with Crippen LogP contribution < -0.4 is 5.32 Å². The Morgan fingerprint density at radius 1 is 1.10 bits per heavy atom. The Morgan fingerprint density at radius 2 is 1.90 bits per heavy atom. The van der Waals surface area contributed by atoms with Crippen LogP contribution in [0.2, 0.25) is 0 Å². The van der Waals surface area contributed by atoms with Crippen LogP contribution in [0.4, 0.5) is 10.5 Å². The van der Waals surface area contributed by atoms with Gasteiger partial charge in [-0.15, -0.1) is 0 Å². The highest BCUT2D eigenvalue weighted by atomic mass is 16.5. The molecular weight excluding hydrogens is 370 g/mol. The smallest absolute Gasteiger partial charge is 0.407 e. The summed E-state index contributed by atoms with van der Waals surface area (Å²) in [6, 6.07) is 11.5. The highest BCUT2D eigenvalue weighted by molar-refractivity contribution is 5.94. The van der Waals surface area contributed by atoms with Crippen LogP contribution in [0.5, 0.6) is 0 Å². The Balaban J connectivity index is 1.51. The van der Waals surface area contributed by atoms with Crippen LogP contribution in [-0.2, 0) is 9.53 Å². The van der Waals surface area contributed by atoms with Crippen LogP contribution in [-0.4, -0.2) is 53.3 Å². The molecule has 2 aromatic rings. The molecule has 0 aliphatic carbocycles. The van der Waals surface area contributed by atoms with E-state index in [-0.39, 0.29) is 24.3 Å². The Morgan fingerprint density at radius 3 is 2.62 bits per heavy atom. The molecule has 0 radical (unpaired) electrons. The number of amides is 2. The summed E-state index contributed by atoms with van der Waals surface area (Å²) in [5.74, 6) is -0.132. The van der Waals surface area contributed by atoms with E-state index in [1.807, 2.05) is 36.4 Å². The van der Waals surface area contributed by atoms with Gasteiger partial charge >= 0.3 is 6.09 Å². The number of rotatable bonds is 4. The van der Waals surface area contributed by atoms with Crippen molar-refractivity contribution in [2.75, 3.05) is 31.6 Å². The van der Waals surface area contributed by atoms with Gasteiger partial charge in [0.1, 0.15) is 0 Å². The monoisotopic (exact) mass is 395 g/mol. The third kappa shape index (κ3) is 4.40. The van der Waals surface area contributed by atoms with E-state index in [1.165, 1.54) is 4.90 Å². The van der Waals surface area contributed by atoms with Crippen molar-refractivity contribution in [1.29, 1.82) is 0 Å². The van der Waals surface area contributed by atoms with Gasteiger partial charge in [0.25, 0.3) is 0 Å². The molecule has 2 N–H and O–H groups in total. The number of anilines is 1. The number of hydrogen-bond donors (Lipinski definition) is 2. The normalized spacial score (nSPS) is 22.4. The molecule has 152 valence electrons. The third-order valence-corrected chi connectivity index (χ3v) is 5.97. The predicted octanol–water partition coefficient (Wildman–Crippen LogP) is 3.34. The van der Waals surface area contributed by atoms with Crippen LogP contribution >= 0.6 is 0 Å². The largest absolute Gasteiger partial charge is 0.465 e. The minimum atomic E-state index is -0.962. The molecule has 2 amide bonds. The maximum atomic E-state index is 13.1. The Bertz CT molecular complexity index is 867. The number of carbonyl (C=O) groups is 2. The van der Waals surface area contributed by atoms with Crippen molar-refractivity contribution in [2.24, 2.45) is 17.8 Å². The van der Waals surface area contributed by atoms with E-state index in [2.05, 4.69) is 10.3 Å². The first-order valence-electron chi connectivity index (χ1n) is 9.99. The first kappa shape index (κ1) is 19.4. The van der Waals surface area contributed by atoms with Crippen molar-refractivity contribution in [3.63, 3.8) is 0 Å². The number of hydrogen-bond acceptors (Lipinski definition) is 4. The first-order valence-corrected chi connectivity index (χ1v) is 9.99. The van der Waals surface area contributed by atoms with Gasteiger partial charge in [-0.3, -0.25) is 9.78 Å². The predicted molar refractivity (Wildman–Crippen MR) is 108 cm³/mol. The summed E-state index contributed by atoms with van der Waals surface area (Å²) in [7, 11) is 0. The molecule has 0 unspecified atom stereocenters. The second-order valence-electron chi connectivity index (χ2n) is 7.72. The van der Waals surface area contributed by atoms with Gasteiger partial charge in [-0.1, -0.05) is 18.2 Å². The van der Waals surface area contributed by atoms with Gasteiger partial charge in [-0.2, -0.15) is 0 Å². The van der Waals surface area contributed by atoms with Crippen LogP contribution in [0.3, 0.4) is 0 Å². The van der Waals surface area contributed by atoms with E-state index in [1.54, 1.807) is 12.4 Å². The molecule has 2 atom stereocenters. The molecule has 0 spiro atoms. The van der Waals surface area contributed by atoms with Crippen LogP contribution in [0, 0.1) is 17.8 Å². The molecule has 4 rings (SSSR count). The van der Waals surface area contributed by atoms with Gasteiger partial charge in [0.2, 0.25) is 5.91 Å².